The Hall–Kier alpha value is -2.25. The van der Waals surface area contributed by atoms with Crippen molar-refractivity contribution in [1.82, 2.24) is 5.32 Å². The zero-order valence-corrected chi connectivity index (χ0v) is 10.9. The Morgan fingerprint density at radius 1 is 1.24 bits per heavy atom. The molecule has 116 valence electrons. The van der Waals surface area contributed by atoms with Crippen LogP contribution in [0, 0.1) is 0 Å². The Bertz CT molecular complexity index is 479. The van der Waals surface area contributed by atoms with E-state index in [1.165, 1.54) is 24.3 Å². The quantitative estimate of drug-likeness (QED) is 0.767. The van der Waals surface area contributed by atoms with Gasteiger partial charge in [-0.3, -0.25) is 4.79 Å². The highest BCUT2D eigenvalue weighted by molar-refractivity contribution is 5.83. The van der Waals surface area contributed by atoms with E-state index in [-0.39, 0.29) is 18.6 Å². The molecule has 1 atom stereocenters. The van der Waals surface area contributed by atoms with E-state index >= 15 is 0 Å². The topological polar surface area (TPSA) is 75.6 Å². The molecule has 1 amide bonds. The van der Waals surface area contributed by atoms with Crippen LogP contribution in [-0.4, -0.2) is 36.3 Å². The predicted octanol–water partition coefficient (Wildman–Crippen LogP) is 1.76. The molecule has 1 rings (SSSR count). The minimum Gasteiger partial charge on any atom is -0.480 e. The number of ether oxygens (including phenoxy) is 1. The minimum absolute atomic E-state index is 0.00146. The van der Waals surface area contributed by atoms with Gasteiger partial charge in [-0.15, -0.1) is 0 Å². The second kappa shape index (κ2) is 8.13. The van der Waals surface area contributed by atoms with Crippen LogP contribution in [0.25, 0.3) is 0 Å². The van der Waals surface area contributed by atoms with Crippen LogP contribution in [0.1, 0.15) is 12.0 Å². The molecule has 0 heterocycles. The van der Waals surface area contributed by atoms with Crippen molar-refractivity contribution in [3.63, 3.8) is 0 Å². The molecule has 1 aromatic carbocycles. The van der Waals surface area contributed by atoms with E-state index in [9.17, 15) is 22.8 Å². The first kappa shape index (κ1) is 16.8. The summed E-state index contributed by atoms with van der Waals surface area (Å²) in [6, 6.07) is 4.13. The van der Waals surface area contributed by atoms with Crippen LogP contribution in [0.3, 0.4) is 0 Å². The first-order chi connectivity index (χ1) is 9.92. The van der Waals surface area contributed by atoms with E-state index in [1.54, 1.807) is 0 Å². The van der Waals surface area contributed by atoms with Crippen LogP contribution in [0.4, 0.5) is 13.2 Å². The maximum absolute atomic E-state index is 12.3. The maximum atomic E-state index is 12.3. The van der Waals surface area contributed by atoms with Gasteiger partial charge in [0.05, 0.1) is 0 Å². The number of aliphatic carboxylic acids is 1. The average molecular weight is 305 g/mol. The summed E-state index contributed by atoms with van der Waals surface area (Å²) in [4.78, 5) is 22.0. The minimum atomic E-state index is -2.91. The first-order valence-electron chi connectivity index (χ1n) is 6.04. The number of hydrogen-bond donors (Lipinski definition) is 2. The molecule has 8 heteroatoms. The predicted molar refractivity (Wildman–Crippen MR) is 66.9 cm³/mol. The highest BCUT2D eigenvalue weighted by Gasteiger charge is 2.19. The van der Waals surface area contributed by atoms with Gasteiger partial charge in [0.1, 0.15) is 12.4 Å². The van der Waals surface area contributed by atoms with E-state index in [0.29, 0.717) is 5.56 Å². The van der Waals surface area contributed by atoms with Crippen molar-refractivity contribution in [2.24, 2.45) is 0 Å². The molecule has 0 aliphatic carbocycles. The molecule has 0 radical (unpaired) electrons. The third kappa shape index (κ3) is 6.15. The van der Waals surface area contributed by atoms with Crippen LogP contribution in [0.2, 0.25) is 0 Å². The van der Waals surface area contributed by atoms with Crippen LogP contribution < -0.4 is 10.1 Å². The van der Waals surface area contributed by atoms with Crippen molar-refractivity contribution in [3.05, 3.63) is 29.8 Å². The van der Waals surface area contributed by atoms with Crippen molar-refractivity contribution in [2.75, 3.05) is 6.67 Å². The monoisotopic (exact) mass is 305 g/mol. The summed E-state index contributed by atoms with van der Waals surface area (Å²) >= 11 is 0. The Balaban J connectivity index is 2.44. The van der Waals surface area contributed by atoms with Crippen LogP contribution in [-0.2, 0) is 16.0 Å². The lowest BCUT2D eigenvalue weighted by atomic mass is 10.1. The molecule has 0 saturated heterocycles. The molecule has 0 aliphatic rings. The third-order valence-electron chi connectivity index (χ3n) is 2.58. The lowest BCUT2D eigenvalue weighted by Gasteiger charge is -2.10. The molecule has 0 spiro atoms. The van der Waals surface area contributed by atoms with E-state index in [0.717, 1.165) is 0 Å². The number of carbonyl (C=O) groups is 2. The number of carbonyl (C=O) groups excluding carboxylic acids is 1. The normalized spacial score (nSPS) is 12.0. The molecule has 21 heavy (non-hydrogen) atoms. The summed E-state index contributed by atoms with van der Waals surface area (Å²) in [6.07, 6.45) is 0.220. The number of aryl methyl sites for hydroxylation is 1. The van der Waals surface area contributed by atoms with Gasteiger partial charge in [-0.2, -0.15) is 8.78 Å². The lowest BCUT2D eigenvalue weighted by molar-refractivity contribution is -0.142. The second-order valence-corrected chi connectivity index (χ2v) is 4.14. The number of carboxylic acid groups (broad SMARTS) is 1. The molecular formula is C13H14F3NO4. The Kier molecular flexibility index (Phi) is 6.51. The standard InChI is InChI=1S/C13H14F3NO4/c14-7-10(12(19)20)17-11(18)6-3-8-1-4-9(5-2-8)21-13(15)16/h1-2,4-5,10,13H,3,6-7H2,(H,17,18)(H,19,20). The van der Waals surface area contributed by atoms with Crippen LogP contribution in [0.15, 0.2) is 24.3 Å². The van der Waals surface area contributed by atoms with Crippen LogP contribution >= 0.6 is 0 Å². The zero-order valence-electron chi connectivity index (χ0n) is 10.9. The number of hydrogen-bond acceptors (Lipinski definition) is 3. The van der Waals surface area contributed by atoms with E-state index in [4.69, 9.17) is 5.11 Å². The number of halogens is 3. The molecule has 0 saturated carbocycles. The van der Waals surface area contributed by atoms with Gasteiger partial charge in [0.2, 0.25) is 5.91 Å². The van der Waals surface area contributed by atoms with E-state index < -0.39 is 31.2 Å². The van der Waals surface area contributed by atoms with Gasteiger partial charge in [-0.05, 0) is 24.1 Å². The summed E-state index contributed by atoms with van der Waals surface area (Å²) in [7, 11) is 0. The largest absolute Gasteiger partial charge is 0.480 e. The molecule has 0 aromatic heterocycles. The van der Waals surface area contributed by atoms with Gasteiger partial charge in [-0.25, -0.2) is 9.18 Å². The van der Waals surface area contributed by atoms with Gasteiger partial charge >= 0.3 is 12.6 Å². The van der Waals surface area contributed by atoms with Crippen molar-refractivity contribution in [2.45, 2.75) is 25.5 Å². The first-order valence-corrected chi connectivity index (χ1v) is 6.04. The third-order valence-corrected chi connectivity index (χ3v) is 2.58. The highest BCUT2D eigenvalue weighted by Crippen LogP contribution is 2.15. The van der Waals surface area contributed by atoms with Gasteiger partial charge < -0.3 is 15.2 Å². The van der Waals surface area contributed by atoms with Crippen molar-refractivity contribution < 1.29 is 32.6 Å². The molecule has 2 N–H and O–H groups in total. The molecule has 5 nitrogen and oxygen atoms in total. The van der Waals surface area contributed by atoms with Gasteiger partial charge in [0.25, 0.3) is 0 Å². The Morgan fingerprint density at radius 3 is 2.33 bits per heavy atom. The fraction of sp³-hybridized carbons (Fsp3) is 0.385. The molecule has 1 aromatic rings. The van der Waals surface area contributed by atoms with Crippen molar-refractivity contribution >= 4 is 11.9 Å². The number of amides is 1. The number of carboxylic acids is 1. The Morgan fingerprint density at radius 2 is 1.86 bits per heavy atom. The summed E-state index contributed by atoms with van der Waals surface area (Å²) < 4.78 is 40.4. The Labute approximate surface area is 118 Å². The smallest absolute Gasteiger partial charge is 0.387 e. The van der Waals surface area contributed by atoms with Gasteiger partial charge in [0, 0.05) is 6.42 Å². The molecule has 0 fully saturated rings. The maximum Gasteiger partial charge on any atom is 0.387 e. The zero-order chi connectivity index (χ0) is 15.8. The summed E-state index contributed by atoms with van der Waals surface area (Å²) in [5.74, 6) is -2.05. The van der Waals surface area contributed by atoms with Gasteiger partial charge in [0.15, 0.2) is 6.04 Å². The summed E-state index contributed by atoms with van der Waals surface area (Å²) in [5, 5.41) is 10.6. The van der Waals surface area contributed by atoms with Crippen molar-refractivity contribution in [3.8, 4) is 5.75 Å². The summed E-state index contributed by atoms with van der Waals surface area (Å²) in [6.45, 7) is -4.10. The number of nitrogens with one attached hydrogen (secondary N) is 1. The van der Waals surface area contributed by atoms with E-state index in [2.05, 4.69) is 4.74 Å². The van der Waals surface area contributed by atoms with Crippen molar-refractivity contribution in [1.29, 1.82) is 0 Å². The lowest BCUT2D eigenvalue weighted by Crippen LogP contribution is -2.42. The molecular weight excluding hydrogens is 291 g/mol. The number of benzene rings is 1. The highest BCUT2D eigenvalue weighted by atomic mass is 19.3. The fourth-order valence-corrected chi connectivity index (χ4v) is 1.53. The summed E-state index contributed by atoms with van der Waals surface area (Å²) in [5.41, 5.74) is 0.680. The fourth-order valence-electron chi connectivity index (χ4n) is 1.53. The molecule has 1 unspecified atom stereocenters. The van der Waals surface area contributed by atoms with Crippen LogP contribution in [0.5, 0.6) is 5.75 Å². The van der Waals surface area contributed by atoms with Gasteiger partial charge in [-0.1, -0.05) is 12.1 Å². The SMILES string of the molecule is O=C(CCc1ccc(OC(F)F)cc1)NC(CF)C(=O)O. The second-order valence-electron chi connectivity index (χ2n) is 4.14. The number of rotatable bonds is 8. The molecule has 0 aliphatic heterocycles. The average Bonchev–Trinajstić information content (AvgIpc) is 2.43. The number of alkyl halides is 3. The molecule has 0 bridgehead atoms. The van der Waals surface area contributed by atoms with E-state index in [1.807, 2.05) is 5.32 Å².